The minimum absolute atomic E-state index is 0.231. The SMILES string of the molecule is Cc1[nH]ncc1S(=O)(=O)NCCCN1CCNCC1. The molecule has 0 saturated carbocycles. The molecule has 0 radical (unpaired) electrons. The van der Waals surface area contributed by atoms with Gasteiger partial charge in [0.1, 0.15) is 4.90 Å². The Balaban J connectivity index is 1.74. The predicted octanol–water partition coefficient (Wildman–Crippen LogP) is -0.708. The molecule has 0 aromatic carbocycles. The number of aromatic nitrogens is 2. The van der Waals surface area contributed by atoms with Crippen molar-refractivity contribution < 1.29 is 8.42 Å². The highest BCUT2D eigenvalue weighted by molar-refractivity contribution is 7.89. The van der Waals surface area contributed by atoms with Crippen molar-refractivity contribution in [3.63, 3.8) is 0 Å². The quantitative estimate of drug-likeness (QED) is 0.602. The van der Waals surface area contributed by atoms with Crippen molar-refractivity contribution in [3.8, 4) is 0 Å². The Bertz CT molecular complexity index is 493. The smallest absolute Gasteiger partial charge is 0.243 e. The summed E-state index contributed by atoms with van der Waals surface area (Å²) in [6.45, 7) is 7.18. The fourth-order valence-electron chi connectivity index (χ4n) is 2.13. The number of hydrogen-bond donors (Lipinski definition) is 3. The highest BCUT2D eigenvalue weighted by atomic mass is 32.2. The van der Waals surface area contributed by atoms with Gasteiger partial charge in [0.15, 0.2) is 0 Å². The van der Waals surface area contributed by atoms with E-state index >= 15 is 0 Å². The first kappa shape index (κ1) is 14.4. The van der Waals surface area contributed by atoms with Crippen LogP contribution in [0.4, 0.5) is 0 Å². The summed E-state index contributed by atoms with van der Waals surface area (Å²) < 4.78 is 26.6. The van der Waals surface area contributed by atoms with Crippen molar-refractivity contribution in [1.29, 1.82) is 0 Å². The van der Waals surface area contributed by atoms with E-state index in [1.807, 2.05) is 0 Å². The van der Waals surface area contributed by atoms with Gasteiger partial charge in [-0.2, -0.15) is 5.10 Å². The summed E-state index contributed by atoms with van der Waals surface area (Å²) in [5.41, 5.74) is 0.564. The number of rotatable bonds is 6. The van der Waals surface area contributed by atoms with Gasteiger partial charge in [-0.1, -0.05) is 0 Å². The van der Waals surface area contributed by atoms with Gasteiger partial charge in [-0.05, 0) is 19.9 Å². The zero-order valence-electron chi connectivity index (χ0n) is 11.1. The number of aromatic amines is 1. The summed E-state index contributed by atoms with van der Waals surface area (Å²) in [6, 6.07) is 0. The van der Waals surface area contributed by atoms with Crippen LogP contribution in [0, 0.1) is 6.92 Å². The highest BCUT2D eigenvalue weighted by Gasteiger charge is 2.18. The van der Waals surface area contributed by atoms with Gasteiger partial charge in [0, 0.05) is 32.7 Å². The van der Waals surface area contributed by atoms with Crippen LogP contribution in [0.5, 0.6) is 0 Å². The van der Waals surface area contributed by atoms with Crippen LogP contribution < -0.4 is 10.0 Å². The molecule has 8 heteroatoms. The molecular formula is C11H21N5O2S. The third-order valence-corrected chi connectivity index (χ3v) is 4.80. The molecule has 108 valence electrons. The van der Waals surface area contributed by atoms with E-state index in [0.717, 1.165) is 39.1 Å². The normalized spacial score (nSPS) is 17.7. The number of aryl methyl sites for hydroxylation is 1. The molecule has 0 spiro atoms. The lowest BCUT2D eigenvalue weighted by Crippen LogP contribution is -2.44. The minimum atomic E-state index is -3.43. The summed E-state index contributed by atoms with van der Waals surface area (Å²) in [5.74, 6) is 0. The van der Waals surface area contributed by atoms with Crippen molar-refractivity contribution in [3.05, 3.63) is 11.9 Å². The van der Waals surface area contributed by atoms with Crippen molar-refractivity contribution in [2.45, 2.75) is 18.2 Å². The minimum Gasteiger partial charge on any atom is -0.314 e. The maximum atomic E-state index is 12.0. The Morgan fingerprint density at radius 1 is 1.42 bits per heavy atom. The molecule has 1 aliphatic heterocycles. The van der Waals surface area contributed by atoms with E-state index in [0.29, 0.717) is 12.2 Å². The largest absolute Gasteiger partial charge is 0.314 e. The summed E-state index contributed by atoms with van der Waals surface area (Å²) >= 11 is 0. The van der Waals surface area contributed by atoms with Crippen LogP contribution in [-0.2, 0) is 10.0 Å². The number of sulfonamides is 1. The molecule has 1 aliphatic rings. The molecule has 19 heavy (non-hydrogen) atoms. The lowest BCUT2D eigenvalue weighted by Gasteiger charge is -2.27. The van der Waals surface area contributed by atoms with Gasteiger partial charge in [-0.25, -0.2) is 13.1 Å². The molecule has 0 bridgehead atoms. The molecule has 0 unspecified atom stereocenters. The molecule has 2 heterocycles. The topological polar surface area (TPSA) is 90.1 Å². The second-order valence-corrected chi connectivity index (χ2v) is 6.44. The Kier molecular flexibility index (Phi) is 4.92. The molecule has 1 saturated heterocycles. The first-order chi connectivity index (χ1) is 9.09. The molecule has 7 nitrogen and oxygen atoms in total. The Morgan fingerprint density at radius 2 is 2.16 bits per heavy atom. The molecule has 0 atom stereocenters. The summed E-state index contributed by atoms with van der Waals surface area (Å²) in [7, 11) is -3.43. The fourth-order valence-corrected chi connectivity index (χ4v) is 3.34. The van der Waals surface area contributed by atoms with Crippen molar-refractivity contribution in [2.75, 3.05) is 39.3 Å². The third-order valence-electron chi connectivity index (χ3n) is 3.23. The van der Waals surface area contributed by atoms with Crippen LogP contribution in [0.1, 0.15) is 12.1 Å². The third kappa shape index (κ3) is 4.00. The first-order valence-electron chi connectivity index (χ1n) is 6.52. The highest BCUT2D eigenvalue weighted by Crippen LogP contribution is 2.10. The van der Waals surface area contributed by atoms with Crippen molar-refractivity contribution in [1.82, 2.24) is 25.1 Å². The molecule has 0 amide bonds. The number of H-pyrrole nitrogens is 1. The van der Waals surface area contributed by atoms with Crippen molar-refractivity contribution >= 4 is 10.0 Å². The van der Waals surface area contributed by atoms with Gasteiger partial charge in [-0.3, -0.25) is 5.10 Å². The molecule has 0 aliphatic carbocycles. The van der Waals surface area contributed by atoms with Crippen LogP contribution in [0.3, 0.4) is 0 Å². The fraction of sp³-hybridized carbons (Fsp3) is 0.727. The second kappa shape index (κ2) is 6.47. The molecule has 1 fully saturated rings. The van der Waals surface area contributed by atoms with Crippen LogP contribution in [0.15, 0.2) is 11.1 Å². The monoisotopic (exact) mass is 287 g/mol. The number of piperazine rings is 1. The molecule has 1 aromatic heterocycles. The number of hydrogen-bond acceptors (Lipinski definition) is 5. The zero-order valence-corrected chi connectivity index (χ0v) is 12.0. The van der Waals surface area contributed by atoms with Crippen LogP contribution in [0.2, 0.25) is 0 Å². The summed E-state index contributed by atoms with van der Waals surface area (Å²) in [4.78, 5) is 2.57. The predicted molar refractivity (Wildman–Crippen MR) is 72.4 cm³/mol. The lowest BCUT2D eigenvalue weighted by molar-refractivity contribution is 0.239. The Morgan fingerprint density at radius 3 is 2.79 bits per heavy atom. The summed E-state index contributed by atoms with van der Waals surface area (Å²) in [6.07, 6.45) is 2.16. The Labute approximate surface area is 113 Å². The van der Waals surface area contributed by atoms with E-state index in [1.165, 1.54) is 6.20 Å². The van der Waals surface area contributed by atoms with Gasteiger partial charge < -0.3 is 10.2 Å². The van der Waals surface area contributed by atoms with Gasteiger partial charge in [-0.15, -0.1) is 0 Å². The average molecular weight is 287 g/mol. The van der Waals surface area contributed by atoms with Gasteiger partial charge in [0.05, 0.1) is 11.9 Å². The lowest BCUT2D eigenvalue weighted by atomic mass is 10.3. The van der Waals surface area contributed by atoms with Crippen molar-refractivity contribution in [2.24, 2.45) is 0 Å². The molecule has 1 aromatic rings. The molecule has 2 rings (SSSR count). The van der Waals surface area contributed by atoms with E-state index in [-0.39, 0.29) is 4.90 Å². The maximum Gasteiger partial charge on any atom is 0.243 e. The van der Waals surface area contributed by atoms with Crippen LogP contribution in [0.25, 0.3) is 0 Å². The summed E-state index contributed by atoms with van der Waals surface area (Å²) in [5, 5.41) is 9.65. The van der Waals surface area contributed by atoms with E-state index < -0.39 is 10.0 Å². The van der Waals surface area contributed by atoms with Crippen LogP contribution >= 0.6 is 0 Å². The average Bonchev–Trinajstić information content (AvgIpc) is 2.83. The Hall–Kier alpha value is -0.960. The van der Waals surface area contributed by atoms with E-state index in [4.69, 9.17) is 0 Å². The number of nitrogens with one attached hydrogen (secondary N) is 3. The standard InChI is InChI=1S/C11H21N5O2S/c1-10-11(9-13-15-10)19(17,18)14-3-2-6-16-7-4-12-5-8-16/h9,12,14H,2-8H2,1H3,(H,13,15). The van der Waals surface area contributed by atoms with E-state index in [1.54, 1.807) is 6.92 Å². The number of nitrogens with zero attached hydrogens (tertiary/aromatic N) is 2. The maximum absolute atomic E-state index is 12.0. The molecular weight excluding hydrogens is 266 g/mol. The molecule has 3 N–H and O–H groups in total. The van der Waals surface area contributed by atoms with Gasteiger partial charge in [0.2, 0.25) is 10.0 Å². The zero-order chi connectivity index (χ0) is 13.7. The van der Waals surface area contributed by atoms with E-state index in [2.05, 4.69) is 25.1 Å². The second-order valence-electron chi connectivity index (χ2n) is 4.70. The van der Waals surface area contributed by atoms with Gasteiger partial charge >= 0.3 is 0 Å². The van der Waals surface area contributed by atoms with Crippen LogP contribution in [-0.4, -0.2) is 62.8 Å². The first-order valence-corrected chi connectivity index (χ1v) is 8.00. The van der Waals surface area contributed by atoms with E-state index in [9.17, 15) is 8.42 Å². The van der Waals surface area contributed by atoms with Gasteiger partial charge in [0.25, 0.3) is 0 Å².